The molecule has 23 heavy (non-hydrogen) atoms. The van der Waals surface area contributed by atoms with Crippen LogP contribution in [0.5, 0.6) is 5.75 Å². The van der Waals surface area contributed by atoms with Crippen LogP contribution in [0.3, 0.4) is 0 Å². The van der Waals surface area contributed by atoms with Crippen LogP contribution in [0.25, 0.3) is 0 Å². The van der Waals surface area contributed by atoms with Crippen molar-refractivity contribution < 1.29 is 14.3 Å². The minimum absolute atomic E-state index is 0.0246. The zero-order valence-electron chi connectivity index (χ0n) is 12.9. The molecule has 0 bridgehead atoms. The third-order valence-corrected chi connectivity index (χ3v) is 4.82. The number of fused-ring (bicyclic) bond motifs is 1. The maximum atomic E-state index is 12.4. The van der Waals surface area contributed by atoms with Gasteiger partial charge < -0.3 is 10.1 Å². The Labute approximate surface area is 139 Å². The van der Waals surface area contributed by atoms with E-state index in [4.69, 9.17) is 4.74 Å². The third kappa shape index (κ3) is 3.67. The summed E-state index contributed by atoms with van der Waals surface area (Å²) < 4.78 is 5.51. The maximum absolute atomic E-state index is 12.4. The van der Waals surface area contributed by atoms with Crippen molar-refractivity contribution in [3.8, 4) is 5.75 Å². The Morgan fingerprint density at radius 1 is 1.43 bits per heavy atom. The molecule has 0 saturated carbocycles. The number of nitrogens with one attached hydrogen (secondary N) is 1. The molecule has 2 aliphatic rings. The average molecular weight is 333 g/mol. The molecule has 2 heterocycles. The highest BCUT2D eigenvalue weighted by Crippen LogP contribution is 2.29. The van der Waals surface area contributed by atoms with Gasteiger partial charge in [0, 0.05) is 18.7 Å². The smallest absolute Gasteiger partial charge is 0.238 e. The lowest BCUT2D eigenvalue weighted by Crippen LogP contribution is -2.43. The monoisotopic (exact) mass is 333 g/mol. The summed E-state index contributed by atoms with van der Waals surface area (Å²) >= 11 is 1.37. The lowest BCUT2D eigenvalue weighted by Gasteiger charge is -2.27. The van der Waals surface area contributed by atoms with E-state index in [1.807, 2.05) is 19.1 Å². The van der Waals surface area contributed by atoms with E-state index in [2.05, 4.69) is 10.3 Å². The molecule has 6 nitrogen and oxygen atoms in total. The van der Waals surface area contributed by atoms with Crippen LogP contribution in [-0.2, 0) is 9.59 Å². The number of nitrogens with zero attached hydrogens (tertiary/aromatic N) is 2. The molecule has 1 saturated heterocycles. The molecule has 0 aliphatic carbocycles. The van der Waals surface area contributed by atoms with Gasteiger partial charge in [-0.05, 0) is 30.7 Å². The van der Waals surface area contributed by atoms with Gasteiger partial charge >= 0.3 is 0 Å². The van der Waals surface area contributed by atoms with Gasteiger partial charge in [0.05, 0.1) is 13.2 Å². The summed E-state index contributed by atoms with van der Waals surface area (Å²) in [4.78, 5) is 30.3. The molecule has 1 unspecified atom stereocenters. The fraction of sp³-hybridized carbons (Fsp3) is 0.438. The number of aliphatic imine (C=N–C) groups is 1. The first-order chi connectivity index (χ1) is 11.2. The zero-order chi connectivity index (χ0) is 16.2. The summed E-state index contributed by atoms with van der Waals surface area (Å²) in [6, 6.07) is 7.26. The van der Waals surface area contributed by atoms with Gasteiger partial charge in [-0.15, -0.1) is 0 Å². The number of anilines is 1. The molecule has 0 radical (unpaired) electrons. The second kappa shape index (κ2) is 7.04. The summed E-state index contributed by atoms with van der Waals surface area (Å²) in [7, 11) is 0. The van der Waals surface area contributed by atoms with Crippen molar-refractivity contribution in [2.24, 2.45) is 4.99 Å². The van der Waals surface area contributed by atoms with Crippen molar-refractivity contribution in [2.75, 3.05) is 25.0 Å². The molecule has 1 aromatic rings. The number of carbonyl (C=O) groups excluding carboxylic acids is 2. The van der Waals surface area contributed by atoms with Crippen LogP contribution >= 0.6 is 11.8 Å². The first kappa shape index (κ1) is 15.9. The molecule has 2 aliphatic heterocycles. The summed E-state index contributed by atoms with van der Waals surface area (Å²) in [6.07, 6.45) is 1.17. The van der Waals surface area contributed by atoms with Crippen LogP contribution in [0.1, 0.15) is 19.8 Å². The van der Waals surface area contributed by atoms with Crippen molar-refractivity contribution in [1.82, 2.24) is 4.90 Å². The Hall–Kier alpha value is -2.02. The van der Waals surface area contributed by atoms with Crippen molar-refractivity contribution >= 4 is 34.4 Å². The molecule has 1 fully saturated rings. The number of amidine groups is 1. The summed E-state index contributed by atoms with van der Waals surface area (Å²) in [6.45, 7) is 3.98. The van der Waals surface area contributed by atoms with E-state index in [0.717, 1.165) is 12.2 Å². The van der Waals surface area contributed by atoms with Crippen molar-refractivity contribution in [1.29, 1.82) is 0 Å². The summed E-state index contributed by atoms with van der Waals surface area (Å²) in [5, 5.41) is 3.10. The van der Waals surface area contributed by atoms with Crippen molar-refractivity contribution in [2.45, 2.75) is 25.0 Å². The number of benzene rings is 1. The fourth-order valence-corrected chi connectivity index (χ4v) is 3.55. The van der Waals surface area contributed by atoms with Gasteiger partial charge in [-0.2, -0.15) is 0 Å². The molecule has 1 atom stereocenters. The van der Waals surface area contributed by atoms with Crippen LogP contribution < -0.4 is 10.1 Å². The molecule has 3 rings (SSSR count). The van der Waals surface area contributed by atoms with Crippen molar-refractivity contribution in [3.63, 3.8) is 0 Å². The topological polar surface area (TPSA) is 71.0 Å². The van der Waals surface area contributed by atoms with E-state index in [1.165, 1.54) is 11.8 Å². The normalized spacial score (nSPS) is 20.0. The zero-order valence-corrected chi connectivity index (χ0v) is 13.8. The Kier molecular flexibility index (Phi) is 4.85. The Morgan fingerprint density at radius 2 is 2.22 bits per heavy atom. The molecule has 1 aromatic carbocycles. The quantitative estimate of drug-likeness (QED) is 0.896. The van der Waals surface area contributed by atoms with E-state index in [1.54, 1.807) is 17.0 Å². The number of hydrogen-bond acceptors (Lipinski definition) is 5. The van der Waals surface area contributed by atoms with Gasteiger partial charge in [-0.25, -0.2) is 0 Å². The third-order valence-electron chi connectivity index (χ3n) is 3.60. The lowest BCUT2D eigenvalue weighted by molar-refractivity contribution is -0.129. The van der Waals surface area contributed by atoms with E-state index in [9.17, 15) is 9.59 Å². The minimum Gasteiger partial charge on any atom is -0.494 e. The second-order valence-electron chi connectivity index (χ2n) is 5.38. The molecule has 1 N–H and O–H groups in total. The van der Waals surface area contributed by atoms with Crippen LogP contribution in [-0.4, -0.2) is 46.8 Å². The number of thioether (sulfide) groups is 1. The highest BCUT2D eigenvalue weighted by Gasteiger charge is 2.37. The van der Waals surface area contributed by atoms with Crippen molar-refractivity contribution in [3.05, 3.63) is 24.3 Å². The van der Waals surface area contributed by atoms with Gasteiger partial charge in [0.25, 0.3) is 0 Å². The lowest BCUT2D eigenvalue weighted by atomic mass is 10.2. The molecule has 122 valence electrons. The molecular formula is C16H19N3O3S. The van der Waals surface area contributed by atoms with Crippen LogP contribution in [0.15, 0.2) is 29.3 Å². The van der Waals surface area contributed by atoms with Crippen LogP contribution in [0.2, 0.25) is 0 Å². The largest absolute Gasteiger partial charge is 0.494 e. The fourth-order valence-electron chi connectivity index (χ4n) is 2.42. The number of ether oxygens (including phenoxy) is 1. The maximum Gasteiger partial charge on any atom is 0.238 e. The van der Waals surface area contributed by atoms with Gasteiger partial charge in [0.2, 0.25) is 11.8 Å². The summed E-state index contributed by atoms with van der Waals surface area (Å²) in [5.74, 6) is 0.589. The van der Waals surface area contributed by atoms with Crippen LogP contribution in [0.4, 0.5) is 5.69 Å². The second-order valence-corrected chi connectivity index (χ2v) is 6.55. The number of hydrogen-bond donors (Lipinski definition) is 1. The number of carbonyl (C=O) groups is 2. The van der Waals surface area contributed by atoms with E-state index >= 15 is 0 Å². The van der Waals surface area contributed by atoms with Gasteiger partial charge in [-0.1, -0.05) is 18.7 Å². The highest BCUT2D eigenvalue weighted by molar-refractivity contribution is 8.15. The van der Waals surface area contributed by atoms with E-state index < -0.39 is 5.25 Å². The predicted molar refractivity (Wildman–Crippen MR) is 90.9 cm³/mol. The first-order valence-electron chi connectivity index (χ1n) is 7.72. The molecule has 2 amide bonds. The molecule has 0 aromatic heterocycles. The Bertz CT molecular complexity index is 630. The van der Waals surface area contributed by atoms with Gasteiger partial charge in [0.1, 0.15) is 11.0 Å². The minimum atomic E-state index is -0.424. The Morgan fingerprint density at radius 3 is 2.96 bits per heavy atom. The average Bonchev–Trinajstić information content (AvgIpc) is 3.03. The Balaban J connectivity index is 1.59. The van der Waals surface area contributed by atoms with Crippen LogP contribution in [0, 0.1) is 0 Å². The highest BCUT2D eigenvalue weighted by atomic mass is 32.2. The number of amides is 2. The van der Waals surface area contributed by atoms with Gasteiger partial charge in [0.15, 0.2) is 5.17 Å². The van der Waals surface area contributed by atoms with Gasteiger partial charge in [-0.3, -0.25) is 19.5 Å². The standard InChI is InChI=1S/C16H19N3O3S/c1-2-9-22-12-5-3-11(4-6-12)18-15(21)13-10-14(20)19-8-7-17-16(19)23-13/h3-6,13H,2,7-10H2,1H3,(H,18,21). The predicted octanol–water partition coefficient (Wildman–Crippen LogP) is 2.12. The van der Waals surface area contributed by atoms with E-state index in [-0.39, 0.29) is 18.2 Å². The molecule has 7 heteroatoms. The molecule has 0 spiro atoms. The number of rotatable bonds is 5. The SMILES string of the molecule is CCCOc1ccc(NC(=O)C2CC(=O)N3CCN=C3S2)cc1. The summed E-state index contributed by atoms with van der Waals surface area (Å²) in [5.41, 5.74) is 0.697. The molecular weight excluding hydrogens is 314 g/mol. The first-order valence-corrected chi connectivity index (χ1v) is 8.60. The van der Waals surface area contributed by atoms with E-state index in [0.29, 0.717) is 30.6 Å².